The van der Waals surface area contributed by atoms with Crippen molar-refractivity contribution in [2.75, 3.05) is 13.2 Å². The Labute approximate surface area is 111 Å². The molecule has 102 valence electrons. The molecular formula is C15H26N2O. The lowest BCUT2D eigenvalue weighted by atomic mass is 10.0. The summed E-state index contributed by atoms with van der Waals surface area (Å²) in [6.45, 7) is 10.3. The quantitative estimate of drug-likeness (QED) is 0.720. The van der Waals surface area contributed by atoms with Gasteiger partial charge in [0.15, 0.2) is 0 Å². The molecule has 0 amide bonds. The number of ether oxygens (including phenoxy) is 1. The highest BCUT2D eigenvalue weighted by Crippen LogP contribution is 2.13. The van der Waals surface area contributed by atoms with Gasteiger partial charge in [0.2, 0.25) is 0 Å². The van der Waals surface area contributed by atoms with E-state index in [0.717, 1.165) is 23.9 Å². The number of nitrogens with one attached hydrogen (secondary N) is 1. The number of hydrogen-bond donors (Lipinski definition) is 1. The van der Waals surface area contributed by atoms with Crippen molar-refractivity contribution in [2.45, 2.75) is 46.6 Å². The standard InChI is InChI=1S/C15H26N2O/c1-12(2)7-8-13(3)16-10-11-18-15-6-5-9-17-14(15)4/h5-6,9,12-13,16H,7-8,10-11H2,1-4H3. The summed E-state index contributed by atoms with van der Waals surface area (Å²) in [5.74, 6) is 1.66. The molecule has 0 spiro atoms. The van der Waals surface area contributed by atoms with E-state index in [-0.39, 0.29) is 0 Å². The molecule has 18 heavy (non-hydrogen) atoms. The van der Waals surface area contributed by atoms with Crippen LogP contribution in [-0.2, 0) is 0 Å². The van der Waals surface area contributed by atoms with Gasteiger partial charge in [0, 0.05) is 18.8 Å². The Hall–Kier alpha value is -1.09. The number of rotatable bonds is 8. The fraction of sp³-hybridized carbons (Fsp3) is 0.667. The van der Waals surface area contributed by atoms with Crippen LogP contribution in [0.1, 0.15) is 39.3 Å². The van der Waals surface area contributed by atoms with Gasteiger partial charge in [0.25, 0.3) is 0 Å². The predicted octanol–water partition coefficient (Wildman–Crippen LogP) is 3.18. The molecule has 0 saturated carbocycles. The van der Waals surface area contributed by atoms with E-state index in [1.54, 1.807) is 6.20 Å². The van der Waals surface area contributed by atoms with Crippen molar-refractivity contribution in [3.05, 3.63) is 24.0 Å². The normalized spacial score (nSPS) is 12.7. The van der Waals surface area contributed by atoms with Gasteiger partial charge in [-0.15, -0.1) is 0 Å². The van der Waals surface area contributed by atoms with Crippen molar-refractivity contribution in [1.82, 2.24) is 10.3 Å². The minimum atomic E-state index is 0.561. The fourth-order valence-corrected chi connectivity index (χ4v) is 1.77. The Morgan fingerprint density at radius 1 is 1.28 bits per heavy atom. The maximum Gasteiger partial charge on any atom is 0.140 e. The second-order valence-corrected chi connectivity index (χ2v) is 5.26. The lowest BCUT2D eigenvalue weighted by Crippen LogP contribution is -2.30. The molecular weight excluding hydrogens is 224 g/mol. The molecule has 1 N–H and O–H groups in total. The molecule has 1 atom stereocenters. The zero-order valence-corrected chi connectivity index (χ0v) is 12.1. The van der Waals surface area contributed by atoms with E-state index in [0.29, 0.717) is 12.6 Å². The molecule has 0 aliphatic rings. The van der Waals surface area contributed by atoms with Crippen LogP contribution in [0.3, 0.4) is 0 Å². The van der Waals surface area contributed by atoms with Crippen LogP contribution in [0.2, 0.25) is 0 Å². The molecule has 0 bridgehead atoms. The van der Waals surface area contributed by atoms with Gasteiger partial charge in [-0.25, -0.2) is 0 Å². The lowest BCUT2D eigenvalue weighted by molar-refractivity contribution is 0.300. The Balaban J connectivity index is 2.13. The van der Waals surface area contributed by atoms with E-state index in [4.69, 9.17) is 4.74 Å². The average molecular weight is 250 g/mol. The van der Waals surface area contributed by atoms with Crippen LogP contribution in [0.4, 0.5) is 0 Å². The smallest absolute Gasteiger partial charge is 0.140 e. The maximum absolute atomic E-state index is 5.69. The molecule has 1 rings (SSSR count). The Morgan fingerprint density at radius 2 is 2.06 bits per heavy atom. The zero-order valence-electron chi connectivity index (χ0n) is 12.1. The highest BCUT2D eigenvalue weighted by molar-refractivity contribution is 5.25. The van der Waals surface area contributed by atoms with Crippen LogP contribution >= 0.6 is 0 Å². The first-order valence-electron chi connectivity index (χ1n) is 6.87. The summed E-state index contributed by atoms with van der Waals surface area (Å²) in [5, 5.41) is 3.48. The van der Waals surface area contributed by atoms with E-state index >= 15 is 0 Å². The summed E-state index contributed by atoms with van der Waals surface area (Å²) in [6, 6.07) is 4.43. The zero-order chi connectivity index (χ0) is 13.4. The van der Waals surface area contributed by atoms with Crippen LogP contribution in [0.5, 0.6) is 5.75 Å². The van der Waals surface area contributed by atoms with Crippen LogP contribution in [0.15, 0.2) is 18.3 Å². The summed E-state index contributed by atoms with van der Waals surface area (Å²) in [4.78, 5) is 4.20. The monoisotopic (exact) mass is 250 g/mol. The highest BCUT2D eigenvalue weighted by Gasteiger charge is 2.03. The minimum Gasteiger partial charge on any atom is -0.490 e. The van der Waals surface area contributed by atoms with Crippen molar-refractivity contribution in [2.24, 2.45) is 5.92 Å². The van der Waals surface area contributed by atoms with Gasteiger partial charge >= 0.3 is 0 Å². The second kappa shape index (κ2) is 8.09. The number of pyridine rings is 1. The number of hydrogen-bond acceptors (Lipinski definition) is 3. The van der Waals surface area contributed by atoms with Crippen molar-refractivity contribution < 1.29 is 4.74 Å². The molecule has 1 heterocycles. The second-order valence-electron chi connectivity index (χ2n) is 5.26. The summed E-state index contributed by atoms with van der Waals surface area (Å²) in [5.41, 5.74) is 0.949. The lowest BCUT2D eigenvalue weighted by Gasteiger charge is -2.15. The Morgan fingerprint density at radius 3 is 2.72 bits per heavy atom. The third-order valence-corrected chi connectivity index (χ3v) is 2.99. The van der Waals surface area contributed by atoms with Gasteiger partial charge in [-0.1, -0.05) is 13.8 Å². The molecule has 3 heteroatoms. The van der Waals surface area contributed by atoms with Crippen molar-refractivity contribution in [1.29, 1.82) is 0 Å². The third-order valence-electron chi connectivity index (χ3n) is 2.99. The molecule has 1 aromatic rings. The van der Waals surface area contributed by atoms with E-state index in [1.165, 1.54) is 12.8 Å². The molecule has 1 aromatic heterocycles. The SMILES string of the molecule is Cc1ncccc1OCCNC(C)CCC(C)C. The topological polar surface area (TPSA) is 34.1 Å². The average Bonchev–Trinajstić information content (AvgIpc) is 2.34. The number of nitrogens with zero attached hydrogens (tertiary/aromatic N) is 1. The van der Waals surface area contributed by atoms with Crippen molar-refractivity contribution in [3.63, 3.8) is 0 Å². The first-order chi connectivity index (χ1) is 8.59. The largest absolute Gasteiger partial charge is 0.490 e. The van der Waals surface area contributed by atoms with E-state index in [2.05, 4.69) is 31.1 Å². The molecule has 0 aliphatic heterocycles. The highest BCUT2D eigenvalue weighted by atomic mass is 16.5. The predicted molar refractivity (Wildman–Crippen MR) is 76.0 cm³/mol. The molecule has 1 unspecified atom stereocenters. The first kappa shape index (κ1) is 15.0. The van der Waals surface area contributed by atoms with Gasteiger partial charge in [-0.05, 0) is 44.7 Å². The summed E-state index contributed by atoms with van der Waals surface area (Å²) < 4.78 is 5.69. The maximum atomic E-state index is 5.69. The first-order valence-corrected chi connectivity index (χ1v) is 6.87. The molecule has 0 radical (unpaired) electrons. The summed E-state index contributed by atoms with van der Waals surface area (Å²) >= 11 is 0. The fourth-order valence-electron chi connectivity index (χ4n) is 1.77. The Bertz CT molecular complexity index is 339. The molecule has 0 saturated heterocycles. The molecule has 3 nitrogen and oxygen atoms in total. The minimum absolute atomic E-state index is 0.561. The summed E-state index contributed by atoms with van der Waals surface area (Å²) in [6.07, 6.45) is 4.29. The van der Waals surface area contributed by atoms with Crippen LogP contribution < -0.4 is 10.1 Å². The van der Waals surface area contributed by atoms with E-state index in [9.17, 15) is 0 Å². The van der Waals surface area contributed by atoms with Crippen LogP contribution in [0, 0.1) is 12.8 Å². The Kier molecular flexibility index (Phi) is 6.73. The summed E-state index contributed by atoms with van der Waals surface area (Å²) in [7, 11) is 0. The number of aromatic nitrogens is 1. The third kappa shape index (κ3) is 6.01. The van der Waals surface area contributed by atoms with E-state index < -0.39 is 0 Å². The van der Waals surface area contributed by atoms with Crippen molar-refractivity contribution >= 4 is 0 Å². The molecule has 0 fully saturated rings. The van der Waals surface area contributed by atoms with Gasteiger partial charge in [-0.2, -0.15) is 0 Å². The van der Waals surface area contributed by atoms with E-state index in [1.807, 2.05) is 19.1 Å². The van der Waals surface area contributed by atoms with Crippen molar-refractivity contribution in [3.8, 4) is 5.75 Å². The molecule has 0 aliphatic carbocycles. The van der Waals surface area contributed by atoms with Crippen LogP contribution in [0.25, 0.3) is 0 Å². The van der Waals surface area contributed by atoms with Gasteiger partial charge in [-0.3, -0.25) is 4.98 Å². The van der Waals surface area contributed by atoms with Gasteiger partial charge in [0.1, 0.15) is 12.4 Å². The van der Waals surface area contributed by atoms with Crippen LogP contribution in [-0.4, -0.2) is 24.2 Å². The molecule has 0 aromatic carbocycles. The van der Waals surface area contributed by atoms with Gasteiger partial charge in [0.05, 0.1) is 5.69 Å². The number of aryl methyl sites for hydroxylation is 1. The van der Waals surface area contributed by atoms with Gasteiger partial charge < -0.3 is 10.1 Å².